The number of aryl methyl sites for hydroxylation is 1. The van der Waals surface area contributed by atoms with E-state index in [2.05, 4.69) is 20.1 Å². The molecule has 1 saturated heterocycles. The van der Waals surface area contributed by atoms with Crippen molar-refractivity contribution in [2.24, 2.45) is 5.92 Å². The average Bonchev–Trinajstić information content (AvgIpc) is 3.08. The van der Waals surface area contributed by atoms with Crippen molar-refractivity contribution in [2.75, 3.05) is 13.1 Å². The van der Waals surface area contributed by atoms with Crippen molar-refractivity contribution in [3.8, 4) is 0 Å². The van der Waals surface area contributed by atoms with Crippen LogP contribution in [0.2, 0.25) is 0 Å². The van der Waals surface area contributed by atoms with Crippen LogP contribution in [0.4, 0.5) is 0 Å². The van der Waals surface area contributed by atoms with Gasteiger partial charge in [-0.05, 0) is 25.3 Å². The van der Waals surface area contributed by atoms with E-state index in [1.165, 1.54) is 6.33 Å². The van der Waals surface area contributed by atoms with Gasteiger partial charge < -0.3 is 4.90 Å². The number of carbonyl (C=O) groups is 1. The van der Waals surface area contributed by atoms with Crippen LogP contribution in [0.25, 0.3) is 0 Å². The van der Waals surface area contributed by atoms with Gasteiger partial charge in [0.1, 0.15) is 19.0 Å². The quantitative estimate of drug-likeness (QED) is 0.853. The van der Waals surface area contributed by atoms with E-state index in [1.54, 1.807) is 17.3 Å². The molecule has 3 heterocycles. The third-order valence-electron chi connectivity index (χ3n) is 4.48. The lowest BCUT2D eigenvalue weighted by Crippen LogP contribution is -2.41. The Labute approximate surface area is 135 Å². The number of hydrogen-bond acceptors (Lipinski definition) is 5. The van der Waals surface area contributed by atoms with Crippen LogP contribution < -0.4 is 0 Å². The van der Waals surface area contributed by atoms with Gasteiger partial charge >= 0.3 is 0 Å². The number of hydrogen-bond donors (Lipinski definition) is 0. The van der Waals surface area contributed by atoms with E-state index in [-0.39, 0.29) is 11.8 Å². The summed E-state index contributed by atoms with van der Waals surface area (Å²) >= 11 is 0. The number of likely N-dealkylation sites (tertiary alicyclic amines) is 1. The fourth-order valence-corrected chi connectivity index (χ4v) is 3.21. The molecule has 7 nitrogen and oxygen atoms in total. The van der Waals surface area contributed by atoms with Crippen LogP contribution in [-0.4, -0.2) is 48.6 Å². The van der Waals surface area contributed by atoms with Crippen LogP contribution in [-0.2, 0) is 11.3 Å². The third-order valence-corrected chi connectivity index (χ3v) is 4.48. The number of amides is 1. The molecular weight excluding hydrogens is 292 g/mol. The van der Waals surface area contributed by atoms with Crippen LogP contribution in [0.5, 0.6) is 0 Å². The van der Waals surface area contributed by atoms with E-state index in [9.17, 15) is 4.79 Å². The number of piperidine rings is 1. The zero-order valence-corrected chi connectivity index (χ0v) is 13.6. The molecule has 122 valence electrons. The van der Waals surface area contributed by atoms with Crippen molar-refractivity contribution >= 4 is 5.91 Å². The molecule has 3 rings (SSSR count). The van der Waals surface area contributed by atoms with Gasteiger partial charge in [-0.1, -0.05) is 6.92 Å². The first-order chi connectivity index (χ1) is 11.1. The maximum atomic E-state index is 12.6. The van der Waals surface area contributed by atoms with Crippen molar-refractivity contribution in [3.63, 3.8) is 0 Å². The molecule has 1 fully saturated rings. The van der Waals surface area contributed by atoms with E-state index in [0.717, 1.165) is 37.2 Å². The Morgan fingerprint density at radius 2 is 2.09 bits per heavy atom. The average molecular weight is 314 g/mol. The molecule has 0 spiro atoms. The van der Waals surface area contributed by atoms with E-state index >= 15 is 0 Å². The molecule has 0 bridgehead atoms. The molecule has 2 aromatic heterocycles. The second-order valence-corrected chi connectivity index (χ2v) is 6.21. The van der Waals surface area contributed by atoms with Crippen molar-refractivity contribution < 1.29 is 4.79 Å². The van der Waals surface area contributed by atoms with Crippen molar-refractivity contribution in [1.82, 2.24) is 29.6 Å². The van der Waals surface area contributed by atoms with E-state index in [4.69, 9.17) is 0 Å². The fourth-order valence-electron chi connectivity index (χ4n) is 3.21. The minimum absolute atomic E-state index is 0.0889. The maximum Gasteiger partial charge on any atom is 0.227 e. The van der Waals surface area contributed by atoms with E-state index in [1.807, 2.05) is 24.9 Å². The standard InChI is InChI=1S/C16H22N6O/c1-12-7-17-9-19-15(12)14-3-5-21(6-4-14)16(23)13(2)8-22-11-18-10-20-22/h7,9-11,13-14H,3-6,8H2,1-2H3/t13-/m0/s1. The Bertz CT molecular complexity index is 648. The smallest absolute Gasteiger partial charge is 0.227 e. The summed E-state index contributed by atoms with van der Waals surface area (Å²) in [5.74, 6) is 0.528. The molecule has 2 aromatic rings. The summed E-state index contributed by atoms with van der Waals surface area (Å²) in [5.41, 5.74) is 2.26. The monoisotopic (exact) mass is 314 g/mol. The second-order valence-electron chi connectivity index (χ2n) is 6.21. The summed E-state index contributed by atoms with van der Waals surface area (Å²) in [7, 11) is 0. The van der Waals surface area contributed by atoms with E-state index < -0.39 is 0 Å². The topological polar surface area (TPSA) is 76.8 Å². The highest BCUT2D eigenvalue weighted by molar-refractivity contribution is 5.78. The summed E-state index contributed by atoms with van der Waals surface area (Å²) in [6.45, 7) is 6.14. The second kappa shape index (κ2) is 6.85. The molecule has 0 aliphatic carbocycles. The molecule has 1 amide bonds. The zero-order valence-electron chi connectivity index (χ0n) is 13.6. The van der Waals surface area contributed by atoms with Crippen molar-refractivity contribution in [3.05, 3.63) is 36.4 Å². The Balaban J connectivity index is 1.56. The van der Waals surface area contributed by atoms with E-state index in [0.29, 0.717) is 12.5 Å². The predicted molar refractivity (Wildman–Crippen MR) is 84.5 cm³/mol. The number of carbonyl (C=O) groups excluding carboxylic acids is 1. The molecule has 0 saturated carbocycles. The van der Waals surface area contributed by atoms with Gasteiger partial charge in [0.15, 0.2) is 0 Å². The predicted octanol–water partition coefficient (Wildman–Crippen LogP) is 1.42. The van der Waals surface area contributed by atoms with Crippen LogP contribution in [0.15, 0.2) is 25.2 Å². The lowest BCUT2D eigenvalue weighted by atomic mass is 9.90. The summed E-state index contributed by atoms with van der Waals surface area (Å²) in [4.78, 5) is 26.9. The summed E-state index contributed by atoms with van der Waals surface area (Å²) in [6, 6.07) is 0. The number of nitrogens with zero attached hydrogens (tertiary/aromatic N) is 6. The van der Waals surface area contributed by atoms with Gasteiger partial charge in [0.25, 0.3) is 0 Å². The van der Waals surface area contributed by atoms with Gasteiger partial charge in [0, 0.05) is 30.9 Å². The largest absolute Gasteiger partial charge is 0.342 e. The van der Waals surface area contributed by atoms with Gasteiger partial charge in [0.2, 0.25) is 5.91 Å². The SMILES string of the molecule is Cc1cncnc1C1CCN(C(=O)[C@@H](C)Cn2cncn2)CC1. The molecule has 7 heteroatoms. The maximum absolute atomic E-state index is 12.6. The Hall–Kier alpha value is -2.31. The molecule has 1 aliphatic heterocycles. The highest BCUT2D eigenvalue weighted by Crippen LogP contribution is 2.28. The lowest BCUT2D eigenvalue weighted by molar-refractivity contribution is -0.136. The van der Waals surface area contributed by atoms with Gasteiger partial charge in [-0.25, -0.2) is 15.0 Å². The molecule has 0 radical (unpaired) electrons. The lowest BCUT2D eigenvalue weighted by Gasteiger charge is -2.33. The minimum atomic E-state index is -0.0889. The Kier molecular flexibility index (Phi) is 4.64. The van der Waals surface area contributed by atoms with Gasteiger partial charge in [-0.3, -0.25) is 9.48 Å². The molecule has 23 heavy (non-hydrogen) atoms. The minimum Gasteiger partial charge on any atom is -0.342 e. The third kappa shape index (κ3) is 3.55. The normalized spacial score (nSPS) is 17.2. The molecule has 0 aromatic carbocycles. The molecule has 1 aliphatic rings. The molecule has 1 atom stereocenters. The first kappa shape index (κ1) is 15.6. The van der Waals surface area contributed by atoms with Crippen LogP contribution in [0.1, 0.15) is 36.9 Å². The van der Waals surface area contributed by atoms with Crippen molar-refractivity contribution in [2.45, 2.75) is 39.2 Å². The van der Waals surface area contributed by atoms with Crippen LogP contribution in [0, 0.1) is 12.8 Å². The first-order valence-corrected chi connectivity index (χ1v) is 8.03. The highest BCUT2D eigenvalue weighted by Gasteiger charge is 2.28. The molecule has 0 unspecified atom stereocenters. The molecular formula is C16H22N6O. The number of rotatable bonds is 4. The Morgan fingerprint density at radius 3 is 2.74 bits per heavy atom. The summed E-state index contributed by atoms with van der Waals surface area (Å²) < 4.78 is 1.71. The first-order valence-electron chi connectivity index (χ1n) is 8.03. The van der Waals surface area contributed by atoms with Crippen LogP contribution in [0.3, 0.4) is 0 Å². The van der Waals surface area contributed by atoms with Gasteiger partial charge in [0.05, 0.1) is 12.5 Å². The highest BCUT2D eigenvalue weighted by atomic mass is 16.2. The summed E-state index contributed by atoms with van der Waals surface area (Å²) in [6.07, 6.45) is 8.53. The van der Waals surface area contributed by atoms with Gasteiger partial charge in [-0.15, -0.1) is 0 Å². The molecule has 0 N–H and O–H groups in total. The van der Waals surface area contributed by atoms with Crippen molar-refractivity contribution in [1.29, 1.82) is 0 Å². The van der Waals surface area contributed by atoms with Crippen LogP contribution >= 0.6 is 0 Å². The summed E-state index contributed by atoms with van der Waals surface area (Å²) in [5, 5.41) is 4.07. The van der Waals surface area contributed by atoms with Gasteiger partial charge in [-0.2, -0.15) is 5.10 Å². The Morgan fingerprint density at radius 1 is 1.30 bits per heavy atom. The zero-order chi connectivity index (χ0) is 16.2. The fraction of sp³-hybridized carbons (Fsp3) is 0.562. The number of aromatic nitrogens is 5.